The molecule has 0 saturated heterocycles. The van der Waals surface area contributed by atoms with E-state index in [4.69, 9.17) is 23.8 Å². The summed E-state index contributed by atoms with van der Waals surface area (Å²) >= 11 is 14.7. The minimum atomic E-state index is 0.521. The first-order valence-electron chi connectivity index (χ1n) is 5.54. The largest absolute Gasteiger partial charge is 0.358 e. The Morgan fingerprint density at radius 3 is 2.89 bits per heavy atom. The molecule has 19 heavy (non-hydrogen) atoms. The Bertz CT molecular complexity index is 577. The molecule has 0 aliphatic heterocycles. The lowest BCUT2D eigenvalue weighted by Crippen LogP contribution is -2.28. The monoisotopic (exact) mass is 355 g/mol. The molecular weight excluding hydrogens is 346 g/mol. The fourth-order valence-corrected chi connectivity index (χ4v) is 2.35. The van der Waals surface area contributed by atoms with E-state index in [1.807, 2.05) is 30.3 Å². The molecule has 2 rings (SSSR count). The molecule has 98 valence electrons. The van der Waals surface area contributed by atoms with Crippen molar-refractivity contribution in [1.82, 2.24) is 10.3 Å². The molecule has 0 aliphatic rings. The zero-order chi connectivity index (χ0) is 13.7. The fourth-order valence-electron chi connectivity index (χ4n) is 1.44. The molecule has 2 N–H and O–H groups in total. The first-order valence-corrected chi connectivity index (χ1v) is 7.12. The zero-order valence-corrected chi connectivity index (χ0v) is 13.0. The van der Waals surface area contributed by atoms with E-state index in [1.165, 1.54) is 0 Å². The minimum Gasteiger partial charge on any atom is -0.358 e. The molecule has 0 fully saturated rings. The Kier molecular flexibility index (Phi) is 5.13. The molecule has 6 heteroatoms. The summed E-state index contributed by atoms with van der Waals surface area (Å²) in [5.41, 5.74) is 1.84. The van der Waals surface area contributed by atoms with Gasteiger partial charge in [-0.25, -0.2) is 0 Å². The fraction of sp³-hybridized carbons (Fsp3) is 0.0769. The van der Waals surface area contributed by atoms with Crippen LogP contribution in [-0.4, -0.2) is 10.1 Å². The van der Waals surface area contributed by atoms with Gasteiger partial charge < -0.3 is 10.6 Å². The summed E-state index contributed by atoms with van der Waals surface area (Å²) < 4.78 is 0.928. The standard InChI is InChI=1S/C13H11BrClN3S/c14-10-3-4-12(11(15)6-10)18-13(19)17-8-9-2-1-5-16-7-9/h1-7H,8H2,(H2,17,18,19). The van der Waals surface area contributed by atoms with Gasteiger partial charge in [0.05, 0.1) is 10.7 Å². The summed E-state index contributed by atoms with van der Waals surface area (Å²) in [6, 6.07) is 9.45. The third-order valence-electron chi connectivity index (χ3n) is 2.36. The van der Waals surface area contributed by atoms with Crippen molar-refractivity contribution in [2.75, 3.05) is 5.32 Å². The highest BCUT2D eigenvalue weighted by molar-refractivity contribution is 9.10. The predicted octanol–water partition coefficient (Wildman–Crippen LogP) is 3.98. The van der Waals surface area contributed by atoms with E-state index in [9.17, 15) is 0 Å². The number of benzene rings is 1. The van der Waals surface area contributed by atoms with Crippen LogP contribution < -0.4 is 10.6 Å². The van der Waals surface area contributed by atoms with Crippen molar-refractivity contribution in [2.24, 2.45) is 0 Å². The maximum atomic E-state index is 6.10. The van der Waals surface area contributed by atoms with Gasteiger partial charge >= 0.3 is 0 Å². The normalized spacial score (nSPS) is 10.0. The van der Waals surface area contributed by atoms with E-state index in [1.54, 1.807) is 12.4 Å². The van der Waals surface area contributed by atoms with E-state index in [2.05, 4.69) is 31.5 Å². The van der Waals surface area contributed by atoms with Gasteiger partial charge in [-0.3, -0.25) is 4.98 Å². The predicted molar refractivity (Wildman–Crippen MR) is 86.4 cm³/mol. The van der Waals surface area contributed by atoms with Crippen LogP contribution in [0.3, 0.4) is 0 Å². The van der Waals surface area contributed by atoms with Gasteiger partial charge in [0, 0.05) is 23.4 Å². The number of hydrogen-bond donors (Lipinski definition) is 2. The Morgan fingerprint density at radius 1 is 1.37 bits per heavy atom. The number of nitrogens with zero attached hydrogens (tertiary/aromatic N) is 1. The number of halogens is 2. The van der Waals surface area contributed by atoms with Crippen LogP contribution in [0.5, 0.6) is 0 Å². The topological polar surface area (TPSA) is 37.0 Å². The van der Waals surface area contributed by atoms with Crippen molar-refractivity contribution >= 4 is 50.5 Å². The summed E-state index contributed by atoms with van der Waals surface area (Å²) in [6.45, 7) is 0.619. The number of anilines is 1. The molecule has 0 amide bonds. The first kappa shape index (κ1) is 14.2. The van der Waals surface area contributed by atoms with Gasteiger partial charge in [0.2, 0.25) is 0 Å². The van der Waals surface area contributed by atoms with Gasteiger partial charge in [-0.1, -0.05) is 33.6 Å². The summed E-state index contributed by atoms with van der Waals surface area (Å²) in [5.74, 6) is 0. The second-order valence-corrected chi connectivity index (χ2v) is 5.52. The molecule has 0 spiro atoms. The van der Waals surface area contributed by atoms with Crippen LogP contribution in [0.2, 0.25) is 5.02 Å². The zero-order valence-electron chi connectivity index (χ0n) is 9.86. The summed E-state index contributed by atoms with van der Waals surface area (Å²) in [4.78, 5) is 4.04. The molecule has 0 unspecified atom stereocenters. The number of aromatic nitrogens is 1. The van der Waals surface area contributed by atoms with Crippen molar-refractivity contribution in [1.29, 1.82) is 0 Å². The lowest BCUT2D eigenvalue weighted by Gasteiger charge is -2.11. The van der Waals surface area contributed by atoms with Gasteiger partial charge in [-0.05, 0) is 42.0 Å². The molecule has 1 aromatic heterocycles. The van der Waals surface area contributed by atoms with E-state index in [0.717, 1.165) is 15.7 Å². The van der Waals surface area contributed by atoms with Gasteiger partial charge in [0.15, 0.2) is 5.11 Å². The average Bonchev–Trinajstić information content (AvgIpc) is 2.41. The SMILES string of the molecule is S=C(NCc1cccnc1)Nc1ccc(Br)cc1Cl. The molecule has 0 aliphatic carbocycles. The van der Waals surface area contributed by atoms with Crippen molar-refractivity contribution in [3.05, 3.63) is 57.8 Å². The van der Waals surface area contributed by atoms with Crippen LogP contribution in [0.25, 0.3) is 0 Å². The lowest BCUT2D eigenvalue weighted by atomic mass is 10.3. The Labute approximate surface area is 130 Å². The van der Waals surface area contributed by atoms with E-state index < -0.39 is 0 Å². The average molecular weight is 357 g/mol. The lowest BCUT2D eigenvalue weighted by molar-refractivity contribution is 0.916. The highest BCUT2D eigenvalue weighted by atomic mass is 79.9. The Hall–Kier alpha value is -1.17. The Morgan fingerprint density at radius 2 is 2.21 bits per heavy atom. The molecular formula is C13H11BrClN3S. The molecule has 2 aromatic rings. The number of rotatable bonds is 3. The summed E-state index contributed by atoms with van der Waals surface area (Å²) in [5, 5.41) is 7.29. The maximum absolute atomic E-state index is 6.10. The number of nitrogens with one attached hydrogen (secondary N) is 2. The van der Waals surface area contributed by atoms with Crippen LogP contribution in [0.4, 0.5) is 5.69 Å². The van der Waals surface area contributed by atoms with Crippen molar-refractivity contribution in [2.45, 2.75) is 6.54 Å². The molecule has 1 aromatic carbocycles. The maximum Gasteiger partial charge on any atom is 0.171 e. The molecule has 0 atom stereocenters. The van der Waals surface area contributed by atoms with Crippen LogP contribution in [0.15, 0.2) is 47.2 Å². The van der Waals surface area contributed by atoms with Crippen molar-refractivity contribution in [3.8, 4) is 0 Å². The number of thiocarbonyl (C=S) groups is 1. The second-order valence-electron chi connectivity index (χ2n) is 3.79. The quantitative estimate of drug-likeness (QED) is 0.816. The van der Waals surface area contributed by atoms with Crippen LogP contribution in [0.1, 0.15) is 5.56 Å². The number of hydrogen-bond acceptors (Lipinski definition) is 2. The Balaban J connectivity index is 1.91. The highest BCUT2D eigenvalue weighted by Crippen LogP contribution is 2.25. The number of pyridine rings is 1. The molecule has 0 radical (unpaired) electrons. The molecule has 1 heterocycles. The van der Waals surface area contributed by atoms with Crippen LogP contribution in [0, 0.1) is 0 Å². The van der Waals surface area contributed by atoms with Crippen molar-refractivity contribution < 1.29 is 0 Å². The smallest absolute Gasteiger partial charge is 0.171 e. The van der Waals surface area contributed by atoms with Crippen LogP contribution in [-0.2, 0) is 6.54 Å². The second kappa shape index (κ2) is 6.84. The molecule has 3 nitrogen and oxygen atoms in total. The summed E-state index contributed by atoms with van der Waals surface area (Å²) in [6.07, 6.45) is 3.53. The molecule has 0 bridgehead atoms. The third kappa shape index (κ3) is 4.45. The summed E-state index contributed by atoms with van der Waals surface area (Å²) in [7, 11) is 0. The minimum absolute atomic E-state index is 0.521. The van der Waals surface area contributed by atoms with Crippen LogP contribution >= 0.6 is 39.7 Å². The van der Waals surface area contributed by atoms with E-state index in [-0.39, 0.29) is 0 Å². The third-order valence-corrected chi connectivity index (χ3v) is 3.41. The first-order chi connectivity index (χ1) is 9.15. The van der Waals surface area contributed by atoms with Gasteiger partial charge in [-0.15, -0.1) is 0 Å². The van der Waals surface area contributed by atoms with E-state index in [0.29, 0.717) is 16.7 Å². The molecule has 0 saturated carbocycles. The van der Waals surface area contributed by atoms with Crippen molar-refractivity contribution in [3.63, 3.8) is 0 Å². The van der Waals surface area contributed by atoms with Gasteiger partial charge in [0.1, 0.15) is 0 Å². The van der Waals surface area contributed by atoms with Gasteiger partial charge in [-0.2, -0.15) is 0 Å². The highest BCUT2D eigenvalue weighted by Gasteiger charge is 2.03. The van der Waals surface area contributed by atoms with E-state index >= 15 is 0 Å². The van der Waals surface area contributed by atoms with Gasteiger partial charge in [0.25, 0.3) is 0 Å².